The maximum atomic E-state index is 12.8. The quantitative estimate of drug-likeness (QED) is 0.672. The van der Waals surface area contributed by atoms with Gasteiger partial charge in [0.15, 0.2) is 5.76 Å². The summed E-state index contributed by atoms with van der Waals surface area (Å²) in [5.74, 6) is -0.0533. The number of fused-ring (bicyclic) bond motifs is 1. The number of hydrogen-bond donors (Lipinski definition) is 0. The Morgan fingerprint density at radius 3 is 2.36 bits per heavy atom. The van der Waals surface area contributed by atoms with Crippen LogP contribution in [0.5, 0.6) is 11.5 Å². The summed E-state index contributed by atoms with van der Waals surface area (Å²) >= 11 is 0. The largest absolute Gasteiger partial charge is 0.497 e. The van der Waals surface area contributed by atoms with Crippen molar-refractivity contribution in [1.29, 1.82) is 0 Å². The van der Waals surface area contributed by atoms with Gasteiger partial charge in [-0.3, -0.25) is 9.59 Å². The van der Waals surface area contributed by atoms with E-state index in [0.717, 1.165) is 0 Å². The topological polar surface area (TPSA) is 65.7 Å². The lowest BCUT2D eigenvalue weighted by molar-refractivity contribution is -0.137. The summed E-state index contributed by atoms with van der Waals surface area (Å²) in [5, 5.41) is 0.367. The minimum absolute atomic E-state index is 0.0948. The van der Waals surface area contributed by atoms with Crippen molar-refractivity contribution in [3.63, 3.8) is 0 Å². The Kier molecular flexibility index (Phi) is 4.57. The van der Waals surface area contributed by atoms with E-state index >= 15 is 0 Å². The minimum atomic E-state index is -0.489. The second-order valence-electron chi connectivity index (χ2n) is 5.89. The highest BCUT2D eigenvalue weighted by Crippen LogP contribution is 2.32. The molecule has 5 nitrogen and oxygen atoms in total. The number of para-hydroxylation sites is 1. The summed E-state index contributed by atoms with van der Waals surface area (Å²) in [5.41, 5.74) is 0.680. The minimum Gasteiger partial charge on any atom is -0.497 e. The van der Waals surface area contributed by atoms with Gasteiger partial charge in [0.25, 0.3) is 0 Å². The lowest BCUT2D eigenvalue weighted by Gasteiger charge is -2.12. The van der Waals surface area contributed by atoms with E-state index in [4.69, 9.17) is 13.9 Å². The van der Waals surface area contributed by atoms with Gasteiger partial charge in [0.2, 0.25) is 11.2 Å². The molecule has 0 amide bonds. The fourth-order valence-electron chi connectivity index (χ4n) is 2.37. The Labute approximate surface area is 144 Å². The molecule has 0 saturated carbocycles. The normalized spacial score (nSPS) is 10.9. The molecule has 3 rings (SSSR count). The van der Waals surface area contributed by atoms with Crippen molar-refractivity contribution >= 4 is 16.9 Å². The number of ether oxygens (including phenoxy) is 2. The molecular formula is C20H18O5. The zero-order chi connectivity index (χ0) is 18.0. The zero-order valence-corrected chi connectivity index (χ0v) is 14.2. The van der Waals surface area contributed by atoms with Crippen molar-refractivity contribution < 1.29 is 18.7 Å². The van der Waals surface area contributed by atoms with Crippen molar-refractivity contribution in [2.24, 2.45) is 5.92 Å². The van der Waals surface area contributed by atoms with Crippen molar-refractivity contribution in [1.82, 2.24) is 0 Å². The van der Waals surface area contributed by atoms with Crippen LogP contribution in [0.25, 0.3) is 22.3 Å². The summed E-state index contributed by atoms with van der Waals surface area (Å²) < 4.78 is 16.4. The van der Waals surface area contributed by atoms with Crippen LogP contribution in [0.1, 0.15) is 13.8 Å². The number of carbonyl (C=O) groups excluding carboxylic acids is 1. The Morgan fingerprint density at radius 2 is 1.72 bits per heavy atom. The van der Waals surface area contributed by atoms with Gasteiger partial charge in [-0.15, -0.1) is 0 Å². The third kappa shape index (κ3) is 3.26. The first-order valence-electron chi connectivity index (χ1n) is 7.93. The molecule has 0 unspecified atom stereocenters. The van der Waals surface area contributed by atoms with Gasteiger partial charge in [-0.2, -0.15) is 0 Å². The fourth-order valence-corrected chi connectivity index (χ4v) is 2.37. The number of carbonyl (C=O) groups is 1. The van der Waals surface area contributed by atoms with Crippen LogP contribution in [0.3, 0.4) is 0 Å². The third-order valence-corrected chi connectivity index (χ3v) is 3.78. The van der Waals surface area contributed by atoms with Crippen molar-refractivity contribution in [2.75, 3.05) is 7.11 Å². The first-order chi connectivity index (χ1) is 12.0. The number of methoxy groups -OCH3 is 1. The summed E-state index contributed by atoms with van der Waals surface area (Å²) in [4.78, 5) is 24.9. The Balaban J connectivity index is 2.23. The van der Waals surface area contributed by atoms with E-state index in [9.17, 15) is 9.59 Å². The molecule has 0 radical (unpaired) electrons. The molecule has 3 aromatic rings. The van der Waals surface area contributed by atoms with Gasteiger partial charge in [-0.1, -0.05) is 26.0 Å². The maximum Gasteiger partial charge on any atom is 0.314 e. The molecule has 0 aliphatic carbocycles. The Bertz CT molecular complexity index is 968. The molecule has 0 aliphatic rings. The first kappa shape index (κ1) is 16.8. The number of hydrogen-bond acceptors (Lipinski definition) is 5. The highest BCUT2D eigenvalue weighted by Gasteiger charge is 2.21. The molecule has 0 N–H and O–H groups in total. The average Bonchev–Trinajstić information content (AvgIpc) is 2.63. The van der Waals surface area contributed by atoms with Crippen molar-refractivity contribution in [3.05, 3.63) is 58.8 Å². The summed E-state index contributed by atoms with van der Waals surface area (Å²) in [6, 6.07) is 13.9. The number of esters is 1. The van der Waals surface area contributed by atoms with Gasteiger partial charge >= 0.3 is 5.97 Å². The molecule has 0 saturated heterocycles. The molecule has 0 fully saturated rings. The third-order valence-electron chi connectivity index (χ3n) is 3.78. The molecule has 0 aliphatic heterocycles. The van der Waals surface area contributed by atoms with E-state index < -0.39 is 5.97 Å². The fraction of sp³-hybridized carbons (Fsp3) is 0.200. The lowest BCUT2D eigenvalue weighted by Crippen LogP contribution is -2.20. The smallest absolute Gasteiger partial charge is 0.314 e. The Morgan fingerprint density at radius 1 is 1.04 bits per heavy atom. The molecule has 0 bridgehead atoms. The maximum absolute atomic E-state index is 12.8. The van der Waals surface area contributed by atoms with Gasteiger partial charge in [-0.05, 0) is 36.4 Å². The van der Waals surface area contributed by atoms with Crippen LogP contribution in [-0.4, -0.2) is 13.1 Å². The van der Waals surface area contributed by atoms with E-state index in [0.29, 0.717) is 22.3 Å². The second kappa shape index (κ2) is 6.81. The van der Waals surface area contributed by atoms with E-state index in [-0.39, 0.29) is 22.9 Å². The van der Waals surface area contributed by atoms with Crippen molar-refractivity contribution in [2.45, 2.75) is 13.8 Å². The van der Waals surface area contributed by atoms with Crippen LogP contribution in [-0.2, 0) is 4.79 Å². The van der Waals surface area contributed by atoms with Gasteiger partial charge < -0.3 is 13.9 Å². The predicted octanol–water partition coefficient (Wildman–Crippen LogP) is 4.03. The van der Waals surface area contributed by atoms with E-state index in [2.05, 4.69) is 0 Å². The molecule has 1 aromatic heterocycles. The highest BCUT2D eigenvalue weighted by molar-refractivity contribution is 5.84. The van der Waals surface area contributed by atoms with Crippen molar-refractivity contribution in [3.8, 4) is 22.8 Å². The summed E-state index contributed by atoms with van der Waals surface area (Å²) in [7, 11) is 1.57. The van der Waals surface area contributed by atoms with E-state index in [1.165, 1.54) is 0 Å². The van der Waals surface area contributed by atoms with Crippen LogP contribution < -0.4 is 14.9 Å². The van der Waals surface area contributed by atoms with Crippen LogP contribution in [0.4, 0.5) is 0 Å². The van der Waals surface area contributed by atoms with Gasteiger partial charge in [-0.25, -0.2) is 0 Å². The average molecular weight is 338 g/mol. The SMILES string of the molecule is COc1ccc(-c2oc3ccccc3c(=O)c2OC(=O)C(C)C)cc1. The summed E-state index contributed by atoms with van der Waals surface area (Å²) in [6.45, 7) is 3.41. The molecular weight excluding hydrogens is 320 g/mol. The Hall–Kier alpha value is -3.08. The van der Waals surface area contributed by atoms with Crippen LogP contribution in [0, 0.1) is 5.92 Å². The van der Waals surface area contributed by atoms with E-state index in [1.54, 1.807) is 69.5 Å². The molecule has 2 aromatic carbocycles. The predicted molar refractivity (Wildman–Crippen MR) is 94.9 cm³/mol. The molecule has 0 spiro atoms. The summed E-state index contributed by atoms with van der Waals surface area (Å²) in [6.07, 6.45) is 0. The zero-order valence-electron chi connectivity index (χ0n) is 14.2. The van der Waals surface area contributed by atoms with E-state index in [1.807, 2.05) is 0 Å². The molecule has 5 heteroatoms. The molecule has 128 valence electrons. The number of rotatable bonds is 4. The highest BCUT2D eigenvalue weighted by atomic mass is 16.5. The number of benzene rings is 2. The standard InChI is InChI=1S/C20H18O5/c1-12(2)20(22)25-19-17(21)15-6-4-5-7-16(15)24-18(19)13-8-10-14(23-3)11-9-13/h4-12H,1-3H3. The molecule has 0 atom stereocenters. The van der Waals surface area contributed by atoms with Gasteiger partial charge in [0.1, 0.15) is 11.3 Å². The van der Waals surface area contributed by atoms with Crippen LogP contribution in [0.15, 0.2) is 57.7 Å². The van der Waals surface area contributed by atoms with Gasteiger partial charge in [0, 0.05) is 5.56 Å². The van der Waals surface area contributed by atoms with Crippen LogP contribution >= 0.6 is 0 Å². The second-order valence-corrected chi connectivity index (χ2v) is 5.89. The first-order valence-corrected chi connectivity index (χ1v) is 7.93. The lowest BCUT2D eigenvalue weighted by atomic mass is 10.1. The molecule has 1 heterocycles. The van der Waals surface area contributed by atoms with Gasteiger partial charge in [0.05, 0.1) is 18.4 Å². The monoisotopic (exact) mass is 338 g/mol. The van der Waals surface area contributed by atoms with Crippen LogP contribution in [0.2, 0.25) is 0 Å². The molecule has 25 heavy (non-hydrogen) atoms.